The minimum Gasteiger partial charge on any atom is -0.380 e. The molecule has 2 rings (SSSR count). The fraction of sp³-hybridized carbons (Fsp3) is 0.571. The lowest BCUT2D eigenvalue weighted by Crippen LogP contribution is -2.37. The van der Waals surface area contributed by atoms with E-state index < -0.39 is 10.7 Å². The van der Waals surface area contributed by atoms with Crippen molar-refractivity contribution in [2.75, 3.05) is 25.5 Å². The molecule has 20 heavy (non-hydrogen) atoms. The number of rotatable bonds is 4. The highest BCUT2D eigenvalue weighted by Gasteiger charge is 2.23. The number of nitro groups is 1. The molecule has 1 aromatic rings. The molecule has 1 heterocycles. The molecular weight excluding hydrogens is 261 g/mol. The van der Waals surface area contributed by atoms with Gasteiger partial charge >= 0.3 is 0 Å². The second-order valence-corrected chi connectivity index (χ2v) is 5.49. The van der Waals surface area contributed by atoms with E-state index in [1.165, 1.54) is 12.1 Å². The Morgan fingerprint density at radius 2 is 2.10 bits per heavy atom. The fourth-order valence-corrected chi connectivity index (χ4v) is 2.63. The van der Waals surface area contributed by atoms with Crippen molar-refractivity contribution in [2.45, 2.75) is 25.8 Å². The molecule has 1 unspecified atom stereocenters. The molecule has 0 amide bonds. The van der Waals surface area contributed by atoms with Crippen molar-refractivity contribution >= 4 is 11.4 Å². The Morgan fingerprint density at radius 3 is 2.65 bits per heavy atom. The molecule has 1 saturated heterocycles. The monoisotopic (exact) mass is 281 g/mol. The lowest BCUT2D eigenvalue weighted by atomic mass is 9.90. The minimum atomic E-state index is -0.590. The minimum absolute atomic E-state index is 0.152. The average molecular weight is 281 g/mol. The van der Waals surface area contributed by atoms with Gasteiger partial charge in [-0.2, -0.15) is 0 Å². The van der Waals surface area contributed by atoms with Gasteiger partial charge in [0.2, 0.25) is 0 Å². The summed E-state index contributed by atoms with van der Waals surface area (Å²) in [5.41, 5.74) is 0.113. The molecule has 1 fully saturated rings. The highest BCUT2D eigenvalue weighted by molar-refractivity contribution is 5.50. The second-order valence-electron chi connectivity index (χ2n) is 5.49. The summed E-state index contributed by atoms with van der Waals surface area (Å²) < 4.78 is 13.8. The third-order valence-electron chi connectivity index (χ3n) is 4.02. The molecule has 0 bridgehead atoms. The van der Waals surface area contributed by atoms with E-state index in [4.69, 9.17) is 0 Å². The number of hydrogen-bond donors (Lipinski definition) is 1. The van der Waals surface area contributed by atoms with Gasteiger partial charge < -0.3 is 10.2 Å². The Kier molecular flexibility index (Phi) is 4.54. The predicted molar refractivity (Wildman–Crippen MR) is 76.4 cm³/mol. The molecule has 5 nitrogen and oxygen atoms in total. The van der Waals surface area contributed by atoms with Crippen molar-refractivity contribution in [2.24, 2.45) is 5.92 Å². The van der Waals surface area contributed by atoms with Crippen LogP contribution in [0.1, 0.15) is 19.8 Å². The van der Waals surface area contributed by atoms with Gasteiger partial charge in [-0.15, -0.1) is 0 Å². The van der Waals surface area contributed by atoms with Gasteiger partial charge in [0.25, 0.3) is 5.69 Å². The fourth-order valence-electron chi connectivity index (χ4n) is 2.63. The van der Waals surface area contributed by atoms with Crippen LogP contribution in [0.2, 0.25) is 0 Å². The highest BCUT2D eigenvalue weighted by Crippen LogP contribution is 2.25. The Hall–Kier alpha value is -1.69. The Balaban J connectivity index is 2.00. The average Bonchev–Trinajstić information content (AvgIpc) is 2.41. The van der Waals surface area contributed by atoms with Gasteiger partial charge in [-0.1, -0.05) is 0 Å². The maximum Gasteiger partial charge on any atom is 0.272 e. The van der Waals surface area contributed by atoms with Crippen molar-refractivity contribution < 1.29 is 9.31 Å². The summed E-state index contributed by atoms with van der Waals surface area (Å²) in [4.78, 5) is 12.3. The molecule has 1 N–H and O–H groups in total. The van der Waals surface area contributed by atoms with Crippen LogP contribution in [0.5, 0.6) is 0 Å². The van der Waals surface area contributed by atoms with Gasteiger partial charge in [0.1, 0.15) is 0 Å². The third-order valence-corrected chi connectivity index (χ3v) is 4.02. The van der Waals surface area contributed by atoms with Crippen LogP contribution in [0.4, 0.5) is 15.8 Å². The molecule has 1 aliphatic heterocycles. The number of nitro benzene ring substituents is 1. The zero-order chi connectivity index (χ0) is 14.7. The molecule has 0 spiro atoms. The normalized spacial score (nSPS) is 18.8. The summed E-state index contributed by atoms with van der Waals surface area (Å²) in [5, 5.41) is 13.7. The molecule has 0 radical (unpaired) electrons. The van der Waals surface area contributed by atoms with Gasteiger partial charge in [-0.05, 0) is 51.9 Å². The maximum absolute atomic E-state index is 13.8. The van der Waals surface area contributed by atoms with Crippen molar-refractivity contribution in [1.29, 1.82) is 0 Å². The smallest absolute Gasteiger partial charge is 0.272 e. The molecule has 6 heteroatoms. The van der Waals surface area contributed by atoms with Crippen LogP contribution in [0, 0.1) is 21.8 Å². The van der Waals surface area contributed by atoms with Crippen LogP contribution in [0.3, 0.4) is 0 Å². The van der Waals surface area contributed by atoms with E-state index >= 15 is 0 Å². The SMILES string of the molecule is CC(Nc1ccc([N+](=O)[O-])cc1F)C1CCN(C)CC1. The first-order valence-electron chi connectivity index (χ1n) is 6.86. The van der Waals surface area contributed by atoms with Gasteiger partial charge in [0.05, 0.1) is 16.7 Å². The highest BCUT2D eigenvalue weighted by atomic mass is 19.1. The van der Waals surface area contributed by atoms with Gasteiger partial charge in [0.15, 0.2) is 5.82 Å². The van der Waals surface area contributed by atoms with Crippen LogP contribution in [-0.2, 0) is 0 Å². The van der Waals surface area contributed by atoms with Crippen LogP contribution in [0.15, 0.2) is 18.2 Å². The largest absolute Gasteiger partial charge is 0.380 e. The summed E-state index contributed by atoms with van der Waals surface area (Å²) in [6.07, 6.45) is 2.17. The van der Waals surface area contributed by atoms with E-state index in [0.29, 0.717) is 11.6 Å². The summed E-state index contributed by atoms with van der Waals surface area (Å²) in [5.74, 6) is -0.0697. The molecule has 0 saturated carbocycles. The van der Waals surface area contributed by atoms with Gasteiger partial charge in [-0.25, -0.2) is 4.39 Å². The first kappa shape index (κ1) is 14.7. The number of benzene rings is 1. The van der Waals surface area contributed by atoms with Crippen molar-refractivity contribution in [1.82, 2.24) is 4.90 Å². The van der Waals surface area contributed by atoms with E-state index in [2.05, 4.69) is 17.3 Å². The number of nitrogens with one attached hydrogen (secondary N) is 1. The number of piperidine rings is 1. The number of anilines is 1. The van der Waals surface area contributed by atoms with Gasteiger partial charge in [-0.3, -0.25) is 10.1 Å². The first-order chi connectivity index (χ1) is 9.47. The zero-order valence-corrected chi connectivity index (χ0v) is 11.8. The molecule has 0 aliphatic carbocycles. The predicted octanol–water partition coefficient (Wildman–Crippen LogP) is 2.88. The topological polar surface area (TPSA) is 58.4 Å². The van der Waals surface area contributed by atoms with Crippen molar-refractivity contribution in [3.05, 3.63) is 34.1 Å². The maximum atomic E-state index is 13.8. The summed E-state index contributed by atoms with van der Waals surface area (Å²) >= 11 is 0. The molecule has 1 aromatic carbocycles. The third kappa shape index (κ3) is 3.45. The molecule has 1 atom stereocenters. The zero-order valence-electron chi connectivity index (χ0n) is 11.8. The van der Waals surface area contributed by atoms with Crippen molar-refractivity contribution in [3.63, 3.8) is 0 Å². The summed E-state index contributed by atoms with van der Waals surface area (Å²) in [7, 11) is 2.10. The molecular formula is C14H20FN3O2. The van der Waals surface area contributed by atoms with E-state index in [9.17, 15) is 14.5 Å². The number of non-ortho nitro benzene ring substituents is 1. The van der Waals surface area contributed by atoms with E-state index in [1.54, 1.807) is 0 Å². The number of likely N-dealkylation sites (tertiary alicyclic amines) is 1. The summed E-state index contributed by atoms with van der Waals surface area (Å²) in [6.45, 7) is 4.15. The Morgan fingerprint density at radius 1 is 1.45 bits per heavy atom. The Labute approximate surface area is 117 Å². The van der Waals surface area contributed by atoms with E-state index in [1.807, 2.05) is 6.92 Å². The lowest BCUT2D eigenvalue weighted by Gasteiger charge is -2.33. The van der Waals surface area contributed by atoms with Gasteiger partial charge in [0, 0.05) is 12.1 Å². The lowest BCUT2D eigenvalue weighted by molar-refractivity contribution is -0.385. The van der Waals surface area contributed by atoms with E-state index in [0.717, 1.165) is 32.0 Å². The standard InChI is InChI=1S/C14H20FN3O2/c1-10(11-5-7-17(2)8-6-11)16-14-4-3-12(18(19)20)9-13(14)15/h3-4,9-11,16H,5-8H2,1-2H3. The molecule has 110 valence electrons. The van der Waals surface area contributed by atoms with Crippen LogP contribution in [-0.4, -0.2) is 36.0 Å². The quantitative estimate of drug-likeness (QED) is 0.681. The number of nitrogens with zero attached hydrogens (tertiary/aromatic N) is 2. The second kappa shape index (κ2) is 6.17. The van der Waals surface area contributed by atoms with Crippen LogP contribution < -0.4 is 5.32 Å². The molecule has 1 aliphatic rings. The Bertz CT molecular complexity index is 487. The molecule has 0 aromatic heterocycles. The van der Waals surface area contributed by atoms with Crippen LogP contribution >= 0.6 is 0 Å². The summed E-state index contributed by atoms with van der Waals surface area (Å²) in [6, 6.07) is 3.88. The first-order valence-corrected chi connectivity index (χ1v) is 6.86. The number of hydrogen-bond acceptors (Lipinski definition) is 4. The van der Waals surface area contributed by atoms with Crippen molar-refractivity contribution in [3.8, 4) is 0 Å². The van der Waals surface area contributed by atoms with E-state index in [-0.39, 0.29) is 11.7 Å². The van der Waals surface area contributed by atoms with Crippen LogP contribution in [0.25, 0.3) is 0 Å². The number of halogens is 1.